The molecule has 2 aliphatic rings. The summed E-state index contributed by atoms with van der Waals surface area (Å²) in [6.07, 6.45) is 10.5. The molecule has 2 nitrogen and oxygen atoms in total. The maximum absolute atomic E-state index is 13.0. The van der Waals surface area contributed by atoms with Crippen LogP contribution >= 0.6 is 0 Å². The normalized spacial score (nSPS) is 17.8. The van der Waals surface area contributed by atoms with Crippen molar-refractivity contribution in [3.63, 3.8) is 0 Å². The molecule has 29 heavy (non-hydrogen) atoms. The van der Waals surface area contributed by atoms with Crippen LogP contribution < -0.4 is 5.32 Å². The zero-order valence-electron chi connectivity index (χ0n) is 16.8. The molecule has 0 heterocycles. The number of halogens is 1. The molecule has 2 saturated carbocycles. The highest BCUT2D eigenvalue weighted by Crippen LogP contribution is 2.47. The lowest BCUT2D eigenvalue weighted by atomic mass is 9.70. The first-order valence-electron chi connectivity index (χ1n) is 10.8. The molecule has 0 bridgehead atoms. The molecule has 0 radical (unpaired) electrons. The second kappa shape index (κ2) is 8.82. The quantitative estimate of drug-likeness (QED) is 0.653. The number of carbonyl (C=O) groups excluding carboxylic acids is 1. The Bertz CT molecular complexity index is 894. The van der Waals surface area contributed by atoms with Gasteiger partial charge in [0.2, 0.25) is 0 Å². The van der Waals surface area contributed by atoms with E-state index in [4.69, 9.17) is 0 Å². The molecule has 2 aliphatic carbocycles. The predicted molar refractivity (Wildman–Crippen MR) is 114 cm³/mol. The Balaban J connectivity index is 1.35. The summed E-state index contributed by atoms with van der Waals surface area (Å²) in [6.45, 7) is 0.800. The Morgan fingerprint density at radius 2 is 1.52 bits per heavy atom. The number of rotatable bonds is 5. The second-order valence-corrected chi connectivity index (χ2v) is 8.73. The lowest BCUT2D eigenvalue weighted by Gasteiger charge is -2.38. The van der Waals surface area contributed by atoms with E-state index in [1.165, 1.54) is 63.5 Å². The van der Waals surface area contributed by atoms with E-state index < -0.39 is 0 Å². The van der Waals surface area contributed by atoms with Gasteiger partial charge in [-0.05, 0) is 79.1 Å². The molecule has 2 fully saturated rings. The Morgan fingerprint density at radius 1 is 0.931 bits per heavy atom. The number of hydrogen-bond acceptors (Lipinski definition) is 1. The summed E-state index contributed by atoms with van der Waals surface area (Å²) in [5.41, 5.74) is 2.59. The van der Waals surface area contributed by atoms with E-state index in [1.807, 2.05) is 24.3 Å². The maximum Gasteiger partial charge on any atom is 0.251 e. The van der Waals surface area contributed by atoms with Crippen molar-refractivity contribution < 1.29 is 9.18 Å². The summed E-state index contributed by atoms with van der Waals surface area (Å²) in [7, 11) is 0. The molecule has 0 atom stereocenters. The van der Waals surface area contributed by atoms with Gasteiger partial charge in [-0.1, -0.05) is 43.9 Å². The summed E-state index contributed by atoms with van der Waals surface area (Å²) in [6, 6.07) is 13.5. The van der Waals surface area contributed by atoms with Crippen molar-refractivity contribution in [3.8, 4) is 11.8 Å². The first kappa shape index (κ1) is 19.7. The Morgan fingerprint density at radius 3 is 2.10 bits per heavy atom. The molecule has 0 unspecified atom stereocenters. The van der Waals surface area contributed by atoms with E-state index in [2.05, 4.69) is 17.2 Å². The zero-order valence-corrected chi connectivity index (χ0v) is 16.8. The highest BCUT2D eigenvalue weighted by molar-refractivity contribution is 5.94. The minimum absolute atomic E-state index is 0.00351. The smallest absolute Gasteiger partial charge is 0.251 e. The second-order valence-electron chi connectivity index (χ2n) is 8.73. The van der Waals surface area contributed by atoms with E-state index in [1.54, 1.807) is 12.1 Å². The van der Waals surface area contributed by atoms with E-state index in [-0.39, 0.29) is 11.7 Å². The SMILES string of the molecule is O=C(NCC1(CC2CC2)CCCCC1)c1ccc(C#Cc2ccc(F)cc2)cc1. The standard InChI is InChI=1S/C26H28FNO/c27-24-14-10-21(11-15-24)5-4-20-8-12-23(13-9-20)25(29)28-19-26(18-22-6-7-22)16-2-1-3-17-26/h8-15,22H,1-3,6-7,16-19H2,(H,28,29). The summed E-state index contributed by atoms with van der Waals surface area (Å²) < 4.78 is 13.0. The van der Waals surface area contributed by atoms with Crippen molar-refractivity contribution in [1.29, 1.82) is 0 Å². The van der Waals surface area contributed by atoms with Crippen LogP contribution in [-0.2, 0) is 0 Å². The van der Waals surface area contributed by atoms with Crippen molar-refractivity contribution >= 4 is 5.91 Å². The van der Waals surface area contributed by atoms with Gasteiger partial charge in [0.1, 0.15) is 5.82 Å². The largest absolute Gasteiger partial charge is 0.351 e. The topological polar surface area (TPSA) is 29.1 Å². The van der Waals surface area contributed by atoms with Crippen molar-refractivity contribution in [2.24, 2.45) is 11.3 Å². The van der Waals surface area contributed by atoms with Gasteiger partial charge in [-0.2, -0.15) is 0 Å². The highest BCUT2D eigenvalue weighted by atomic mass is 19.1. The molecule has 2 aromatic carbocycles. The first-order valence-corrected chi connectivity index (χ1v) is 10.8. The Kier molecular flexibility index (Phi) is 6.00. The molecular weight excluding hydrogens is 361 g/mol. The van der Waals surface area contributed by atoms with Crippen LogP contribution in [0.2, 0.25) is 0 Å². The number of benzene rings is 2. The monoisotopic (exact) mass is 389 g/mol. The van der Waals surface area contributed by atoms with Crippen molar-refractivity contribution in [1.82, 2.24) is 5.32 Å². The van der Waals surface area contributed by atoms with Gasteiger partial charge in [-0.15, -0.1) is 0 Å². The van der Waals surface area contributed by atoms with Crippen LogP contribution in [0.15, 0.2) is 48.5 Å². The molecule has 0 spiro atoms. The molecule has 4 rings (SSSR count). The van der Waals surface area contributed by atoms with Gasteiger partial charge in [0, 0.05) is 23.2 Å². The van der Waals surface area contributed by atoms with Gasteiger partial charge in [0.05, 0.1) is 0 Å². The first-order chi connectivity index (χ1) is 14.1. The fourth-order valence-corrected chi connectivity index (χ4v) is 4.44. The van der Waals surface area contributed by atoms with Crippen molar-refractivity contribution in [2.45, 2.75) is 51.4 Å². The van der Waals surface area contributed by atoms with Gasteiger partial charge in [-0.3, -0.25) is 4.79 Å². The molecule has 3 heteroatoms. The van der Waals surface area contributed by atoms with Gasteiger partial charge in [-0.25, -0.2) is 4.39 Å². The molecule has 0 aromatic heterocycles. The average molecular weight is 390 g/mol. The molecule has 2 aromatic rings. The van der Waals surface area contributed by atoms with Crippen molar-refractivity contribution in [3.05, 3.63) is 71.0 Å². The molecule has 150 valence electrons. The third-order valence-corrected chi connectivity index (χ3v) is 6.30. The van der Waals surface area contributed by atoms with E-state index in [0.717, 1.165) is 23.6 Å². The fourth-order valence-electron chi connectivity index (χ4n) is 4.44. The van der Waals surface area contributed by atoms with Crippen LogP contribution in [-0.4, -0.2) is 12.5 Å². The van der Waals surface area contributed by atoms with E-state index in [0.29, 0.717) is 11.0 Å². The summed E-state index contributed by atoms with van der Waals surface area (Å²) in [4.78, 5) is 12.7. The lowest BCUT2D eigenvalue weighted by Crippen LogP contribution is -2.39. The number of hydrogen-bond donors (Lipinski definition) is 1. The van der Waals surface area contributed by atoms with Crippen LogP contribution in [0.5, 0.6) is 0 Å². The third-order valence-electron chi connectivity index (χ3n) is 6.30. The molecule has 1 amide bonds. The fraction of sp³-hybridized carbons (Fsp3) is 0.423. The van der Waals surface area contributed by atoms with E-state index in [9.17, 15) is 9.18 Å². The van der Waals surface area contributed by atoms with Crippen LogP contribution in [0.1, 0.15) is 72.9 Å². The number of nitrogens with one attached hydrogen (secondary N) is 1. The summed E-state index contributed by atoms with van der Waals surface area (Å²) in [5, 5.41) is 3.21. The zero-order chi connectivity index (χ0) is 20.1. The van der Waals surface area contributed by atoms with Crippen molar-refractivity contribution in [2.75, 3.05) is 6.54 Å². The summed E-state index contributed by atoms with van der Waals surface area (Å²) >= 11 is 0. The third kappa shape index (κ3) is 5.48. The molecule has 0 aliphatic heterocycles. The minimum Gasteiger partial charge on any atom is -0.351 e. The Hall–Kier alpha value is -2.60. The lowest BCUT2D eigenvalue weighted by molar-refractivity contribution is 0.0894. The minimum atomic E-state index is -0.266. The number of carbonyl (C=O) groups is 1. The highest BCUT2D eigenvalue weighted by Gasteiger charge is 2.38. The summed E-state index contributed by atoms with van der Waals surface area (Å²) in [5.74, 6) is 6.71. The molecule has 0 saturated heterocycles. The van der Waals surface area contributed by atoms with Gasteiger partial charge in [0.15, 0.2) is 0 Å². The van der Waals surface area contributed by atoms with Crippen LogP contribution in [0.3, 0.4) is 0 Å². The predicted octanol–water partition coefficient (Wildman–Crippen LogP) is 5.71. The molecule has 1 N–H and O–H groups in total. The average Bonchev–Trinajstić information content (AvgIpc) is 3.56. The maximum atomic E-state index is 13.0. The van der Waals surface area contributed by atoms with Crippen LogP contribution in [0.25, 0.3) is 0 Å². The van der Waals surface area contributed by atoms with E-state index >= 15 is 0 Å². The van der Waals surface area contributed by atoms with Gasteiger partial charge < -0.3 is 5.32 Å². The Labute approximate surface area is 172 Å². The van der Waals surface area contributed by atoms with Crippen LogP contribution in [0, 0.1) is 29.0 Å². The van der Waals surface area contributed by atoms with Gasteiger partial charge >= 0.3 is 0 Å². The molecular formula is C26H28FNO. The number of amides is 1. The van der Waals surface area contributed by atoms with Gasteiger partial charge in [0.25, 0.3) is 5.91 Å². The van der Waals surface area contributed by atoms with Crippen LogP contribution in [0.4, 0.5) is 4.39 Å².